The van der Waals surface area contributed by atoms with Gasteiger partial charge in [-0.1, -0.05) is 18.2 Å². The van der Waals surface area contributed by atoms with Gasteiger partial charge < -0.3 is 14.7 Å². The second-order valence-electron chi connectivity index (χ2n) is 6.71. The number of amides is 2. The van der Waals surface area contributed by atoms with Crippen LogP contribution in [0.15, 0.2) is 30.3 Å². The smallest absolute Gasteiger partial charge is 0.278 e. The predicted molar refractivity (Wildman–Crippen MR) is 90.4 cm³/mol. The minimum absolute atomic E-state index is 0.0422. The first-order valence-corrected chi connectivity index (χ1v) is 8.21. The molecular weight excluding hydrogens is 304 g/mol. The summed E-state index contributed by atoms with van der Waals surface area (Å²) in [4.78, 5) is 29.2. The standard InChI is InChI=1S/C18H24N4O2/c1-18(2,14-19)20(3)16(23)13-21-9-11-22(12-10-21)17(24)15-7-5-4-6-8-15/h4-8H,9-13H2,1-3H3/p+1. The van der Waals surface area contributed by atoms with Crippen LogP contribution in [0.1, 0.15) is 24.2 Å². The van der Waals surface area contributed by atoms with E-state index < -0.39 is 5.54 Å². The van der Waals surface area contributed by atoms with Crippen molar-refractivity contribution in [1.29, 1.82) is 5.26 Å². The topological polar surface area (TPSA) is 68.8 Å². The van der Waals surface area contributed by atoms with Crippen LogP contribution in [-0.4, -0.2) is 66.9 Å². The SMILES string of the molecule is CN(C(=O)C[NH+]1CCN(C(=O)c2ccccc2)CC1)C(C)(C)C#N. The molecule has 128 valence electrons. The second-order valence-corrected chi connectivity index (χ2v) is 6.71. The van der Waals surface area contributed by atoms with Crippen LogP contribution >= 0.6 is 0 Å². The Labute approximate surface area is 143 Å². The van der Waals surface area contributed by atoms with E-state index in [2.05, 4.69) is 6.07 Å². The van der Waals surface area contributed by atoms with E-state index in [0.29, 0.717) is 25.2 Å². The molecule has 2 rings (SSSR count). The fraction of sp³-hybridized carbons (Fsp3) is 0.500. The lowest BCUT2D eigenvalue weighted by Gasteiger charge is -2.34. The molecule has 0 spiro atoms. The van der Waals surface area contributed by atoms with E-state index in [0.717, 1.165) is 18.0 Å². The van der Waals surface area contributed by atoms with Crippen molar-refractivity contribution in [3.63, 3.8) is 0 Å². The Morgan fingerprint density at radius 3 is 2.38 bits per heavy atom. The molecular formula is C18H25N4O2+. The molecule has 1 aliphatic heterocycles. The van der Waals surface area contributed by atoms with E-state index in [1.807, 2.05) is 35.2 Å². The van der Waals surface area contributed by atoms with Crippen LogP contribution in [-0.2, 0) is 4.79 Å². The molecule has 0 aliphatic carbocycles. The maximum absolute atomic E-state index is 12.4. The molecule has 1 heterocycles. The summed E-state index contributed by atoms with van der Waals surface area (Å²) < 4.78 is 0. The van der Waals surface area contributed by atoms with Crippen LogP contribution in [0.2, 0.25) is 0 Å². The third kappa shape index (κ3) is 4.12. The Kier molecular flexibility index (Phi) is 5.58. The first-order valence-electron chi connectivity index (χ1n) is 8.21. The van der Waals surface area contributed by atoms with Crippen molar-refractivity contribution in [2.75, 3.05) is 39.8 Å². The Balaban J connectivity index is 1.86. The highest BCUT2D eigenvalue weighted by Crippen LogP contribution is 2.10. The van der Waals surface area contributed by atoms with Crippen molar-refractivity contribution in [2.24, 2.45) is 0 Å². The summed E-state index contributed by atoms with van der Waals surface area (Å²) in [5, 5.41) is 9.13. The molecule has 0 radical (unpaired) electrons. The zero-order chi connectivity index (χ0) is 17.7. The molecule has 1 aromatic carbocycles. The van der Waals surface area contributed by atoms with E-state index in [4.69, 9.17) is 5.26 Å². The summed E-state index contributed by atoms with van der Waals surface area (Å²) in [6.45, 7) is 6.59. The molecule has 2 amide bonds. The van der Waals surface area contributed by atoms with Gasteiger partial charge in [0.2, 0.25) is 0 Å². The fourth-order valence-electron chi connectivity index (χ4n) is 2.69. The Bertz CT molecular complexity index is 628. The van der Waals surface area contributed by atoms with Crippen molar-refractivity contribution >= 4 is 11.8 Å². The number of rotatable bonds is 4. The quantitative estimate of drug-likeness (QED) is 0.831. The number of benzene rings is 1. The monoisotopic (exact) mass is 329 g/mol. The Hall–Kier alpha value is -2.39. The maximum atomic E-state index is 12.4. The number of nitrogens with one attached hydrogen (secondary N) is 1. The van der Waals surface area contributed by atoms with Crippen LogP contribution < -0.4 is 4.90 Å². The minimum Gasteiger partial charge on any atom is -0.327 e. The highest BCUT2D eigenvalue weighted by atomic mass is 16.2. The van der Waals surface area contributed by atoms with Crippen molar-refractivity contribution in [1.82, 2.24) is 9.80 Å². The number of nitriles is 1. The number of quaternary nitrogens is 1. The largest absolute Gasteiger partial charge is 0.327 e. The lowest BCUT2D eigenvalue weighted by Crippen LogP contribution is -3.15. The summed E-state index contributed by atoms with van der Waals surface area (Å²) in [6.07, 6.45) is 0. The first kappa shape index (κ1) is 18.0. The molecule has 6 heteroatoms. The van der Waals surface area contributed by atoms with Gasteiger partial charge in [-0.3, -0.25) is 9.59 Å². The predicted octanol–water partition coefficient (Wildman–Crippen LogP) is -0.212. The molecule has 0 atom stereocenters. The summed E-state index contributed by atoms with van der Waals surface area (Å²) in [7, 11) is 1.67. The van der Waals surface area contributed by atoms with E-state index >= 15 is 0 Å². The van der Waals surface area contributed by atoms with Gasteiger partial charge in [0, 0.05) is 12.6 Å². The molecule has 0 bridgehead atoms. The number of hydrogen-bond acceptors (Lipinski definition) is 3. The minimum atomic E-state index is -0.804. The second kappa shape index (κ2) is 7.45. The van der Waals surface area contributed by atoms with Gasteiger partial charge in [0.25, 0.3) is 11.8 Å². The van der Waals surface area contributed by atoms with Gasteiger partial charge in [-0.2, -0.15) is 5.26 Å². The lowest BCUT2D eigenvalue weighted by molar-refractivity contribution is -0.896. The molecule has 6 nitrogen and oxygen atoms in total. The number of hydrogen-bond donors (Lipinski definition) is 1. The summed E-state index contributed by atoms with van der Waals surface area (Å²) in [6, 6.07) is 11.4. The van der Waals surface area contributed by atoms with E-state index in [9.17, 15) is 9.59 Å². The summed E-state index contributed by atoms with van der Waals surface area (Å²) in [5.41, 5.74) is -0.103. The average molecular weight is 329 g/mol. The highest BCUT2D eigenvalue weighted by Gasteiger charge is 2.31. The number of piperazine rings is 1. The molecule has 24 heavy (non-hydrogen) atoms. The molecule has 0 unspecified atom stereocenters. The third-order valence-electron chi connectivity index (χ3n) is 4.67. The van der Waals surface area contributed by atoms with Gasteiger partial charge in [-0.15, -0.1) is 0 Å². The van der Waals surface area contributed by atoms with Crippen LogP contribution in [0.25, 0.3) is 0 Å². The zero-order valence-corrected chi connectivity index (χ0v) is 14.6. The maximum Gasteiger partial charge on any atom is 0.278 e. The molecule has 0 saturated carbocycles. The van der Waals surface area contributed by atoms with Crippen LogP contribution in [0, 0.1) is 11.3 Å². The van der Waals surface area contributed by atoms with Gasteiger partial charge in [0.05, 0.1) is 32.2 Å². The number of likely N-dealkylation sites (N-methyl/N-ethyl adjacent to an activating group) is 1. The van der Waals surface area contributed by atoms with Gasteiger partial charge in [-0.25, -0.2) is 0 Å². The lowest BCUT2D eigenvalue weighted by atomic mass is 10.1. The van der Waals surface area contributed by atoms with E-state index in [1.165, 1.54) is 4.90 Å². The van der Waals surface area contributed by atoms with Crippen molar-refractivity contribution < 1.29 is 14.5 Å². The van der Waals surface area contributed by atoms with Crippen LogP contribution in [0.3, 0.4) is 0 Å². The fourth-order valence-corrected chi connectivity index (χ4v) is 2.69. The molecule has 1 saturated heterocycles. The van der Waals surface area contributed by atoms with E-state index in [1.54, 1.807) is 20.9 Å². The Morgan fingerprint density at radius 1 is 1.25 bits per heavy atom. The molecule has 1 N–H and O–H groups in total. The number of carbonyl (C=O) groups is 2. The Morgan fingerprint density at radius 2 is 1.83 bits per heavy atom. The molecule has 1 fully saturated rings. The molecule has 0 aromatic heterocycles. The van der Waals surface area contributed by atoms with Gasteiger partial charge in [0.15, 0.2) is 6.54 Å². The van der Waals surface area contributed by atoms with Gasteiger partial charge in [-0.05, 0) is 26.0 Å². The summed E-state index contributed by atoms with van der Waals surface area (Å²) in [5.74, 6) is 0.00287. The van der Waals surface area contributed by atoms with E-state index in [-0.39, 0.29) is 11.8 Å². The average Bonchev–Trinajstić information content (AvgIpc) is 2.61. The summed E-state index contributed by atoms with van der Waals surface area (Å²) >= 11 is 0. The van der Waals surface area contributed by atoms with Crippen molar-refractivity contribution in [2.45, 2.75) is 19.4 Å². The van der Waals surface area contributed by atoms with Gasteiger partial charge >= 0.3 is 0 Å². The van der Waals surface area contributed by atoms with Crippen LogP contribution in [0.5, 0.6) is 0 Å². The third-order valence-corrected chi connectivity index (χ3v) is 4.67. The van der Waals surface area contributed by atoms with Gasteiger partial charge in [0.1, 0.15) is 5.54 Å². The molecule has 1 aliphatic rings. The highest BCUT2D eigenvalue weighted by molar-refractivity contribution is 5.94. The normalized spacial score (nSPS) is 15.7. The van der Waals surface area contributed by atoms with Crippen molar-refractivity contribution in [3.8, 4) is 6.07 Å². The van der Waals surface area contributed by atoms with Crippen molar-refractivity contribution in [3.05, 3.63) is 35.9 Å². The first-order chi connectivity index (χ1) is 11.3. The zero-order valence-electron chi connectivity index (χ0n) is 14.6. The van der Waals surface area contributed by atoms with Crippen LogP contribution in [0.4, 0.5) is 0 Å². The number of carbonyl (C=O) groups excluding carboxylic acids is 2. The number of nitrogens with zero attached hydrogens (tertiary/aromatic N) is 3. The molecule has 1 aromatic rings.